The molecule has 0 bridgehead atoms. The summed E-state index contributed by atoms with van der Waals surface area (Å²) in [6.07, 6.45) is 8.02. The van der Waals surface area contributed by atoms with Crippen LogP contribution in [0.4, 0.5) is 5.69 Å². The van der Waals surface area contributed by atoms with Gasteiger partial charge in [0.25, 0.3) is 0 Å². The van der Waals surface area contributed by atoms with Gasteiger partial charge in [-0.15, -0.1) is 0 Å². The van der Waals surface area contributed by atoms with Crippen molar-refractivity contribution >= 4 is 5.69 Å². The molecule has 1 heterocycles. The van der Waals surface area contributed by atoms with E-state index in [0.717, 1.165) is 12.3 Å². The van der Waals surface area contributed by atoms with Gasteiger partial charge in [-0.2, -0.15) is 0 Å². The monoisotopic (exact) mass is 229 g/mol. The molecule has 3 rings (SSSR count). The number of hydrogen-bond donors (Lipinski definition) is 1. The van der Waals surface area contributed by atoms with Crippen molar-refractivity contribution in [1.82, 2.24) is 0 Å². The number of para-hydroxylation sites is 1. The fourth-order valence-corrected chi connectivity index (χ4v) is 3.87. The van der Waals surface area contributed by atoms with Gasteiger partial charge in [0.15, 0.2) is 0 Å². The lowest BCUT2D eigenvalue weighted by molar-refractivity contribution is 0.395. The lowest BCUT2D eigenvalue weighted by Gasteiger charge is -2.41. The Balaban J connectivity index is 2.03. The molecule has 2 aliphatic rings. The van der Waals surface area contributed by atoms with Crippen LogP contribution in [-0.4, -0.2) is 5.54 Å². The van der Waals surface area contributed by atoms with Crippen LogP contribution in [0.25, 0.3) is 0 Å². The lowest BCUT2D eigenvalue weighted by atomic mass is 9.78. The first-order valence-corrected chi connectivity index (χ1v) is 7.14. The molecule has 1 aliphatic heterocycles. The highest BCUT2D eigenvalue weighted by molar-refractivity contribution is 5.62. The topological polar surface area (TPSA) is 12.0 Å². The molecule has 17 heavy (non-hydrogen) atoms. The van der Waals surface area contributed by atoms with Gasteiger partial charge in [-0.3, -0.25) is 0 Å². The maximum absolute atomic E-state index is 3.92. The molecule has 1 heteroatoms. The summed E-state index contributed by atoms with van der Waals surface area (Å²) in [5.74, 6) is 0.718. The van der Waals surface area contributed by atoms with Crippen LogP contribution in [0.3, 0.4) is 0 Å². The van der Waals surface area contributed by atoms with Gasteiger partial charge >= 0.3 is 0 Å². The summed E-state index contributed by atoms with van der Waals surface area (Å²) < 4.78 is 0. The number of benzene rings is 1. The van der Waals surface area contributed by atoms with Gasteiger partial charge in [0, 0.05) is 11.2 Å². The van der Waals surface area contributed by atoms with Crippen LogP contribution in [0, 0.1) is 0 Å². The normalized spacial score (nSPS) is 25.6. The van der Waals surface area contributed by atoms with Crippen LogP contribution < -0.4 is 5.32 Å². The van der Waals surface area contributed by atoms with Crippen LogP contribution in [0.5, 0.6) is 0 Å². The van der Waals surface area contributed by atoms with E-state index in [4.69, 9.17) is 0 Å². The van der Waals surface area contributed by atoms with Gasteiger partial charge in [0.05, 0.1) is 0 Å². The van der Waals surface area contributed by atoms with Crippen LogP contribution in [0.2, 0.25) is 0 Å². The van der Waals surface area contributed by atoms with E-state index in [1.54, 1.807) is 5.56 Å². The molecule has 1 atom stereocenters. The highest BCUT2D eigenvalue weighted by atomic mass is 15.0. The molecule has 1 spiro atoms. The van der Waals surface area contributed by atoms with Gasteiger partial charge < -0.3 is 5.32 Å². The van der Waals surface area contributed by atoms with Crippen molar-refractivity contribution in [3.05, 3.63) is 29.3 Å². The smallest absolute Gasteiger partial charge is 0.0412 e. The Morgan fingerprint density at radius 2 is 2.06 bits per heavy atom. The first-order valence-electron chi connectivity index (χ1n) is 7.14. The largest absolute Gasteiger partial charge is 0.379 e. The van der Waals surface area contributed by atoms with Crippen molar-refractivity contribution in [3.63, 3.8) is 0 Å². The van der Waals surface area contributed by atoms with E-state index < -0.39 is 0 Å². The Labute approximate surface area is 105 Å². The number of nitrogens with one attached hydrogen (secondary N) is 1. The molecule has 1 aromatic carbocycles. The van der Waals surface area contributed by atoms with Crippen molar-refractivity contribution < 1.29 is 0 Å². The molecule has 1 aromatic rings. The summed E-state index contributed by atoms with van der Waals surface area (Å²) in [5.41, 5.74) is 4.94. The SMILES string of the molecule is CCc1cccc2c1NC1(CCCC1)C[C@@H]2C. The molecule has 1 fully saturated rings. The summed E-state index contributed by atoms with van der Waals surface area (Å²) in [7, 11) is 0. The molecular formula is C16H23N. The van der Waals surface area contributed by atoms with E-state index in [1.165, 1.54) is 43.4 Å². The summed E-state index contributed by atoms with van der Waals surface area (Å²) in [6.45, 7) is 4.66. The third kappa shape index (κ3) is 1.76. The molecular weight excluding hydrogens is 206 g/mol. The molecule has 0 amide bonds. The molecule has 1 saturated carbocycles. The number of hydrogen-bond acceptors (Lipinski definition) is 1. The first-order chi connectivity index (χ1) is 8.24. The molecule has 0 aromatic heterocycles. The standard InChI is InChI=1S/C16H23N/c1-3-13-7-6-8-14-12(2)11-16(17-15(13)14)9-4-5-10-16/h6-8,12,17H,3-5,9-11H2,1-2H3/t12-/m0/s1. The van der Waals surface area contributed by atoms with Crippen LogP contribution in [0.1, 0.15) is 63.0 Å². The Kier molecular flexibility index (Phi) is 2.65. The maximum atomic E-state index is 3.92. The fraction of sp³-hybridized carbons (Fsp3) is 0.625. The van der Waals surface area contributed by atoms with Crippen molar-refractivity contribution in [2.75, 3.05) is 5.32 Å². The van der Waals surface area contributed by atoms with Gasteiger partial charge in [-0.05, 0) is 42.7 Å². The van der Waals surface area contributed by atoms with Crippen molar-refractivity contribution in [1.29, 1.82) is 0 Å². The summed E-state index contributed by atoms with van der Waals surface area (Å²) in [5, 5.41) is 3.92. The minimum atomic E-state index is 0.428. The fourth-order valence-electron chi connectivity index (χ4n) is 3.87. The summed E-state index contributed by atoms with van der Waals surface area (Å²) >= 11 is 0. The van der Waals surface area contributed by atoms with Crippen molar-refractivity contribution in [2.45, 2.75) is 63.8 Å². The van der Waals surface area contributed by atoms with Crippen LogP contribution in [-0.2, 0) is 6.42 Å². The molecule has 0 saturated heterocycles. The molecule has 92 valence electrons. The highest BCUT2D eigenvalue weighted by Gasteiger charge is 2.39. The second-order valence-electron chi connectivity index (χ2n) is 5.95. The average molecular weight is 229 g/mol. The van der Waals surface area contributed by atoms with E-state index in [1.807, 2.05) is 0 Å². The molecule has 1 N–H and O–H groups in total. The second kappa shape index (κ2) is 4.04. The molecule has 1 aliphatic carbocycles. The van der Waals surface area contributed by atoms with Crippen LogP contribution >= 0.6 is 0 Å². The minimum Gasteiger partial charge on any atom is -0.379 e. The zero-order valence-corrected chi connectivity index (χ0v) is 11.1. The van der Waals surface area contributed by atoms with Gasteiger partial charge in [0.2, 0.25) is 0 Å². The predicted molar refractivity (Wildman–Crippen MR) is 73.7 cm³/mol. The summed E-state index contributed by atoms with van der Waals surface area (Å²) in [4.78, 5) is 0. The Morgan fingerprint density at radius 3 is 2.76 bits per heavy atom. The van der Waals surface area contributed by atoms with E-state index in [0.29, 0.717) is 5.54 Å². The molecule has 1 nitrogen and oxygen atoms in total. The maximum Gasteiger partial charge on any atom is 0.0412 e. The third-order valence-corrected chi connectivity index (χ3v) is 4.74. The van der Waals surface area contributed by atoms with E-state index in [2.05, 4.69) is 37.4 Å². The Bertz CT molecular complexity index is 416. The van der Waals surface area contributed by atoms with E-state index in [-0.39, 0.29) is 0 Å². The zero-order valence-electron chi connectivity index (χ0n) is 11.1. The number of rotatable bonds is 1. The number of anilines is 1. The Morgan fingerprint density at radius 1 is 1.29 bits per heavy atom. The summed E-state index contributed by atoms with van der Waals surface area (Å²) in [6, 6.07) is 6.82. The quantitative estimate of drug-likeness (QED) is 0.748. The average Bonchev–Trinajstić information content (AvgIpc) is 2.76. The lowest BCUT2D eigenvalue weighted by Crippen LogP contribution is -2.40. The van der Waals surface area contributed by atoms with Gasteiger partial charge in [-0.25, -0.2) is 0 Å². The minimum absolute atomic E-state index is 0.428. The van der Waals surface area contributed by atoms with E-state index in [9.17, 15) is 0 Å². The third-order valence-electron chi connectivity index (χ3n) is 4.74. The van der Waals surface area contributed by atoms with Crippen molar-refractivity contribution in [2.24, 2.45) is 0 Å². The Hall–Kier alpha value is -0.980. The first kappa shape index (κ1) is 11.1. The van der Waals surface area contributed by atoms with Crippen molar-refractivity contribution in [3.8, 4) is 0 Å². The number of aryl methyl sites for hydroxylation is 1. The molecule has 0 unspecified atom stereocenters. The highest BCUT2D eigenvalue weighted by Crippen LogP contribution is 2.47. The van der Waals surface area contributed by atoms with E-state index >= 15 is 0 Å². The predicted octanol–water partition coefficient (Wildman–Crippen LogP) is 4.48. The molecule has 0 radical (unpaired) electrons. The van der Waals surface area contributed by atoms with Gasteiger partial charge in [0.1, 0.15) is 0 Å². The van der Waals surface area contributed by atoms with Gasteiger partial charge in [-0.1, -0.05) is 44.9 Å². The van der Waals surface area contributed by atoms with Crippen LogP contribution in [0.15, 0.2) is 18.2 Å². The zero-order chi connectivity index (χ0) is 11.9. The number of fused-ring (bicyclic) bond motifs is 1. The second-order valence-corrected chi connectivity index (χ2v) is 5.95.